The number of thioether (sulfide) groups is 2. The molecule has 2 heterocycles. The summed E-state index contributed by atoms with van der Waals surface area (Å²) in [4.78, 5) is 11.8. The minimum Gasteiger partial charge on any atom is -0.454 e. The van der Waals surface area contributed by atoms with E-state index in [4.69, 9.17) is 9.47 Å². The second-order valence-corrected chi connectivity index (χ2v) is 7.38. The van der Waals surface area contributed by atoms with Gasteiger partial charge in [0.2, 0.25) is 6.79 Å². The predicted molar refractivity (Wildman–Crippen MR) is 86.4 cm³/mol. The maximum Gasteiger partial charge on any atom is 0.315 e. The van der Waals surface area contributed by atoms with Crippen molar-refractivity contribution in [2.45, 2.75) is 11.8 Å². The Morgan fingerprint density at radius 3 is 3.00 bits per heavy atom. The first-order valence-corrected chi connectivity index (χ1v) is 9.11. The van der Waals surface area contributed by atoms with Crippen molar-refractivity contribution in [3.63, 3.8) is 0 Å². The summed E-state index contributed by atoms with van der Waals surface area (Å²) >= 11 is 3.90. The molecule has 5 nitrogen and oxygen atoms in total. The smallest absolute Gasteiger partial charge is 0.315 e. The number of amides is 2. The van der Waals surface area contributed by atoms with Gasteiger partial charge in [-0.2, -0.15) is 23.5 Å². The van der Waals surface area contributed by atoms with Crippen molar-refractivity contribution in [2.75, 3.05) is 30.6 Å². The van der Waals surface area contributed by atoms with Gasteiger partial charge in [-0.25, -0.2) is 4.79 Å². The average molecular weight is 326 g/mol. The van der Waals surface area contributed by atoms with E-state index in [-0.39, 0.29) is 12.8 Å². The minimum atomic E-state index is -0.121. The van der Waals surface area contributed by atoms with Gasteiger partial charge in [-0.15, -0.1) is 0 Å². The van der Waals surface area contributed by atoms with Gasteiger partial charge >= 0.3 is 6.03 Å². The van der Waals surface area contributed by atoms with E-state index in [9.17, 15) is 4.79 Å². The van der Waals surface area contributed by atoms with Crippen LogP contribution < -0.4 is 20.1 Å². The van der Waals surface area contributed by atoms with Gasteiger partial charge < -0.3 is 20.1 Å². The van der Waals surface area contributed by atoms with E-state index in [1.807, 2.05) is 41.7 Å². The van der Waals surface area contributed by atoms with E-state index in [1.165, 1.54) is 11.5 Å². The van der Waals surface area contributed by atoms with Crippen LogP contribution >= 0.6 is 23.5 Å². The van der Waals surface area contributed by atoms with Gasteiger partial charge in [0.05, 0.1) is 0 Å². The summed E-state index contributed by atoms with van der Waals surface area (Å²) in [5, 5.41) is 6.33. The lowest BCUT2D eigenvalue weighted by molar-refractivity contribution is 0.174. The molecule has 0 aromatic heterocycles. The predicted octanol–water partition coefficient (Wildman–Crippen LogP) is 2.06. The molecule has 21 heavy (non-hydrogen) atoms. The zero-order valence-electron chi connectivity index (χ0n) is 11.6. The summed E-state index contributed by atoms with van der Waals surface area (Å²) in [6, 6.07) is 5.58. The zero-order chi connectivity index (χ0) is 14.5. The number of carbonyl (C=O) groups is 1. The monoisotopic (exact) mass is 326 g/mol. The minimum absolute atomic E-state index is 0.121. The topological polar surface area (TPSA) is 59.6 Å². The van der Waals surface area contributed by atoms with Crippen LogP contribution in [0.2, 0.25) is 0 Å². The third-order valence-corrected chi connectivity index (χ3v) is 6.11. The SMILES string of the molecule is O=C(NCc1ccc2c(c1)OCO2)NC[C@@H]1CSCCS1. The first-order chi connectivity index (χ1) is 10.3. The largest absolute Gasteiger partial charge is 0.454 e. The van der Waals surface area contributed by atoms with Crippen molar-refractivity contribution in [3.05, 3.63) is 23.8 Å². The van der Waals surface area contributed by atoms with Gasteiger partial charge in [-0.3, -0.25) is 0 Å². The number of carbonyl (C=O) groups excluding carboxylic acids is 1. The van der Waals surface area contributed by atoms with Crippen LogP contribution in [0.3, 0.4) is 0 Å². The third-order valence-electron chi connectivity index (χ3n) is 3.27. The fourth-order valence-corrected chi connectivity index (χ4v) is 4.77. The summed E-state index contributed by atoms with van der Waals surface area (Å²) in [7, 11) is 0. The average Bonchev–Trinajstić information content (AvgIpc) is 2.99. The first-order valence-electron chi connectivity index (χ1n) is 6.91. The second-order valence-electron chi connectivity index (χ2n) is 4.82. The molecule has 2 amide bonds. The maximum atomic E-state index is 11.8. The Hall–Kier alpha value is -1.21. The van der Waals surface area contributed by atoms with Crippen molar-refractivity contribution >= 4 is 29.6 Å². The van der Waals surface area contributed by atoms with Crippen molar-refractivity contribution in [2.24, 2.45) is 0 Å². The van der Waals surface area contributed by atoms with Crippen LogP contribution in [0.15, 0.2) is 18.2 Å². The highest BCUT2D eigenvalue weighted by molar-refractivity contribution is 8.06. The van der Waals surface area contributed by atoms with Crippen LogP contribution in [-0.2, 0) is 6.54 Å². The quantitative estimate of drug-likeness (QED) is 0.887. The molecule has 1 atom stereocenters. The molecule has 0 saturated carbocycles. The molecule has 1 saturated heterocycles. The van der Waals surface area contributed by atoms with Crippen LogP contribution in [0.4, 0.5) is 4.79 Å². The van der Waals surface area contributed by atoms with Crippen molar-refractivity contribution in [1.29, 1.82) is 0 Å². The summed E-state index contributed by atoms with van der Waals surface area (Å²) in [6.07, 6.45) is 0. The number of urea groups is 1. The van der Waals surface area contributed by atoms with E-state index in [2.05, 4.69) is 10.6 Å². The van der Waals surface area contributed by atoms with Crippen LogP contribution in [0.5, 0.6) is 11.5 Å². The normalized spacial score (nSPS) is 20.1. The molecule has 2 aliphatic rings. The fraction of sp³-hybridized carbons (Fsp3) is 0.500. The Morgan fingerprint density at radius 2 is 2.14 bits per heavy atom. The number of benzene rings is 1. The number of hydrogen-bond acceptors (Lipinski definition) is 5. The Kier molecular flexibility index (Phi) is 5.03. The van der Waals surface area contributed by atoms with Gasteiger partial charge in [0.25, 0.3) is 0 Å². The van der Waals surface area contributed by atoms with Crippen molar-refractivity contribution in [3.8, 4) is 11.5 Å². The lowest BCUT2D eigenvalue weighted by atomic mass is 10.2. The summed E-state index contributed by atoms with van der Waals surface area (Å²) in [5.74, 6) is 5.01. The highest BCUT2D eigenvalue weighted by Gasteiger charge is 2.16. The molecule has 1 aromatic carbocycles. The highest BCUT2D eigenvalue weighted by atomic mass is 32.2. The van der Waals surface area contributed by atoms with E-state index in [0.717, 1.165) is 29.4 Å². The Bertz CT molecular complexity index is 507. The molecule has 0 radical (unpaired) electrons. The Morgan fingerprint density at radius 1 is 1.24 bits per heavy atom. The molecule has 0 bridgehead atoms. The summed E-state index contributed by atoms with van der Waals surface area (Å²) in [6.45, 7) is 1.48. The fourth-order valence-electron chi connectivity index (χ4n) is 2.16. The molecule has 0 unspecified atom stereocenters. The molecule has 2 aliphatic heterocycles. The molecule has 7 heteroatoms. The molecule has 114 valence electrons. The number of nitrogens with one attached hydrogen (secondary N) is 2. The number of rotatable bonds is 4. The van der Waals surface area contributed by atoms with Gasteiger partial charge in [0.1, 0.15) is 0 Å². The molecule has 1 fully saturated rings. The van der Waals surface area contributed by atoms with Gasteiger partial charge in [-0.1, -0.05) is 6.07 Å². The molecule has 2 N–H and O–H groups in total. The lowest BCUT2D eigenvalue weighted by Crippen LogP contribution is -2.39. The Labute approximate surface area is 132 Å². The van der Waals surface area contributed by atoms with Crippen LogP contribution in [-0.4, -0.2) is 41.9 Å². The molecule has 0 spiro atoms. The molecule has 1 aromatic rings. The van der Waals surface area contributed by atoms with E-state index >= 15 is 0 Å². The molecule has 0 aliphatic carbocycles. The summed E-state index contributed by atoms with van der Waals surface area (Å²) < 4.78 is 10.6. The van der Waals surface area contributed by atoms with Gasteiger partial charge in [0.15, 0.2) is 11.5 Å². The first kappa shape index (κ1) is 14.7. The maximum absolute atomic E-state index is 11.8. The van der Waals surface area contributed by atoms with E-state index < -0.39 is 0 Å². The van der Waals surface area contributed by atoms with E-state index in [1.54, 1.807) is 0 Å². The summed E-state index contributed by atoms with van der Waals surface area (Å²) in [5.41, 5.74) is 0.997. The number of ether oxygens (including phenoxy) is 2. The van der Waals surface area contributed by atoms with Crippen LogP contribution in [0.25, 0.3) is 0 Å². The van der Waals surface area contributed by atoms with Crippen molar-refractivity contribution in [1.82, 2.24) is 10.6 Å². The molecular formula is C14H18N2O3S2. The standard InChI is InChI=1S/C14H18N2O3S2/c17-14(16-7-11-8-20-3-4-21-11)15-6-10-1-2-12-13(5-10)19-9-18-12/h1-2,5,11H,3-4,6-9H2,(H2,15,16,17)/t11-/m1/s1. The van der Waals surface area contributed by atoms with Crippen LogP contribution in [0, 0.1) is 0 Å². The second kappa shape index (κ2) is 7.17. The van der Waals surface area contributed by atoms with Crippen LogP contribution in [0.1, 0.15) is 5.56 Å². The highest BCUT2D eigenvalue weighted by Crippen LogP contribution is 2.32. The van der Waals surface area contributed by atoms with E-state index in [0.29, 0.717) is 11.8 Å². The molecule has 3 rings (SSSR count). The molecular weight excluding hydrogens is 308 g/mol. The van der Waals surface area contributed by atoms with Crippen molar-refractivity contribution < 1.29 is 14.3 Å². The number of fused-ring (bicyclic) bond motifs is 1. The zero-order valence-corrected chi connectivity index (χ0v) is 13.2. The van der Waals surface area contributed by atoms with Gasteiger partial charge in [0, 0.05) is 35.6 Å². The van der Waals surface area contributed by atoms with Gasteiger partial charge in [-0.05, 0) is 17.7 Å². The number of hydrogen-bond donors (Lipinski definition) is 2. The third kappa shape index (κ3) is 4.14. The Balaban J connectivity index is 1.41. The lowest BCUT2D eigenvalue weighted by Gasteiger charge is -2.21.